The number of halogens is 3. The molecule has 8 nitrogen and oxygen atoms in total. The van der Waals surface area contributed by atoms with Crippen LogP contribution >= 0.6 is 34.8 Å². The molecule has 0 unspecified atom stereocenters. The first-order chi connectivity index (χ1) is 14.8. The lowest BCUT2D eigenvalue weighted by atomic mass is 9.92. The molecule has 1 aromatic heterocycles. The number of amides is 2. The number of carbonyl (C=O) groups excluding carboxylic acids is 2. The van der Waals surface area contributed by atoms with Crippen molar-refractivity contribution in [1.82, 2.24) is 9.97 Å². The van der Waals surface area contributed by atoms with E-state index in [2.05, 4.69) is 25.9 Å². The molecule has 0 saturated heterocycles. The Balaban J connectivity index is 1.64. The summed E-state index contributed by atoms with van der Waals surface area (Å²) in [5.74, 6) is -1.88. The van der Waals surface area contributed by atoms with Gasteiger partial charge in [-0.1, -0.05) is 34.8 Å². The smallest absolute Gasteiger partial charge is 0.258 e. The van der Waals surface area contributed by atoms with Gasteiger partial charge in [0.05, 0.1) is 11.5 Å². The van der Waals surface area contributed by atoms with Crippen molar-refractivity contribution in [2.45, 2.75) is 12.3 Å². The van der Waals surface area contributed by atoms with Gasteiger partial charge in [-0.25, -0.2) is 0 Å². The van der Waals surface area contributed by atoms with E-state index in [-0.39, 0.29) is 23.8 Å². The lowest BCUT2D eigenvalue weighted by molar-refractivity contribution is -0.123. The fourth-order valence-corrected chi connectivity index (χ4v) is 3.83. The van der Waals surface area contributed by atoms with E-state index in [0.717, 1.165) is 0 Å². The molecule has 0 bridgehead atoms. The van der Waals surface area contributed by atoms with Crippen LogP contribution in [0, 0.1) is 0 Å². The first-order valence-electron chi connectivity index (χ1n) is 9.02. The fraction of sp³-hybridized carbons (Fsp3) is 0.100. The number of aromatic nitrogens is 2. The number of fused-ring (bicyclic) bond motifs is 1. The SMILES string of the molecule is O=C1C[C@H](C(=O)Nc2ccc(Cl)cc2)c2c(nc(Nc3cc(Cl)cc(Cl)c3)[nH]c2=O)N1. The van der Waals surface area contributed by atoms with Crippen molar-refractivity contribution in [3.63, 3.8) is 0 Å². The highest BCUT2D eigenvalue weighted by Gasteiger charge is 2.34. The molecule has 0 fully saturated rings. The van der Waals surface area contributed by atoms with Crippen molar-refractivity contribution >= 4 is 69.8 Å². The Hall–Kier alpha value is -3.07. The molecule has 2 amide bonds. The molecule has 0 radical (unpaired) electrons. The number of nitrogens with zero attached hydrogens (tertiary/aromatic N) is 1. The summed E-state index contributed by atoms with van der Waals surface area (Å²) in [7, 11) is 0. The van der Waals surface area contributed by atoms with Crippen LogP contribution in [0.2, 0.25) is 15.1 Å². The van der Waals surface area contributed by atoms with Gasteiger partial charge in [-0.2, -0.15) is 4.98 Å². The van der Waals surface area contributed by atoms with Crippen molar-refractivity contribution in [2.24, 2.45) is 0 Å². The molecule has 0 aliphatic carbocycles. The van der Waals surface area contributed by atoms with E-state index >= 15 is 0 Å². The zero-order valence-corrected chi connectivity index (χ0v) is 17.9. The summed E-state index contributed by atoms with van der Waals surface area (Å²) in [6.07, 6.45) is -0.187. The summed E-state index contributed by atoms with van der Waals surface area (Å²) in [6.45, 7) is 0. The molecule has 1 atom stereocenters. The van der Waals surface area contributed by atoms with Crippen LogP contribution < -0.4 is 21.5 Å². The summed E-state index contributed by atoms with van der Waals surface area (Å²) in [5, 5.41) is 9.42. The molecule has 158 valence electrons. The predicted octanol–water partition coefficient (Wildman–Crippen LogP) is 4.54. The fourth-order valence-electron chi connectivity index (χ4n) is 3.18. The van der Waals surface area contributed by atoms with Gasteiger partial charge in [-0.05, 0) is 42.5 Å². The molecule has 4 rings (SSSR count). The van der Waals surface area contributed by atoms with E-state index in [1.165, 1.54) is 0 Å². The second-order valence-electron chi connectivity index (χ2n) is 6.76. The molecular weight excluding hydrogens is 465 g/mol. The van der Waals surface area contributed by atoms with Crippen molar-refractivity contribution in [2.75, 3.05) is 16.0 Å². The second-order valence-corrected chi connectivity index (χ2v) is 8.07. The molecule has 4 N–H and O–H groups in total. The van der Waals surface area contributed by atoms with E-state index in [9.17, 15) is 14.4 Å². The average Bonchev–Trinajstić information content (AvgIpc) is 2.68. The van der Waals surface area contributed by atoms with Crippen molar-refractivity contribution < 1.29 is 9.59 Å². The Morgan fingerprint density at radius 1 is 0.968 bits per heavy atom. The minimum absolute atomic E-state index is 0.00637. The normalized spacial score (nSPS) is 15.1. The number of aromatic amines is 1. The quantitative estimate of drug-likeness (QED) is 0.439. The maximum Gasteiger partial charge on any atom is 0.258 e. The number of benzene rings is 2. The van der Waals surface area contributed by atoms with Crippen molar-refractivity contribution in [1.29, 1.82) is 0 Å². The average molecular weight is 479 g/mol. The molecule has 3 aromatic rings. The van der Waals surface area contributed by atoms with Crippen LogP contribution in [0.1, 0.15) is 17.9 Å². The number of hydrogen-bond donors (Lipinski definition) is 4. The molecule has 0 spiro atoms. The Morgan fingerprint density at radius 3 is 2.32 bits per heavy atom. The topological polar surface area (TPSA) is 116 Å². The largest absolute Gasteiger partial charge is 0.326 e. The van der Waals surface area contributed by atoms with E-state index < -0.39 is 23.3 Å². The maximum atomic E-state index is 12.8. The van der Waals surface area contributed by atoms with Gasteiger partial charge >= 0.3 is 0 Å². The van der Waals surface area contributed by atoms with Crippen LogP contribution in [0.25, 0.3) is 0 Å². The van der Waals surface area contributed by atoms with Gasteiger partial charge in [-0.15, -0.1) is 0 Å². The number of carbonyl (C=O) groups is 2. The van der Waals surface area contributed by atoms with Gasteiger partial charge < -0.3 is 16.0 Å². The van der Waals surface area contributed by atoms with E-state index in [1.807, 2.05) is 0 Å². The molecule has 1 aliphatic heterocycles. The van der Waals surface area contributed by atoms with Crippen molar-refractivity contribution in [3.8, 4) is 0 Å². The third kappa shape index (κ3) is 4.82. The van der Waals surface area contributed by atoms with Gasteiger partial charge in [0.15, 0.2) is 0 Å². The molecule has 1 aliphatic rings. The summed E-state index contributed by atoms with van der Waals surface area (Å²) >= 11 is 17.8. The summed E-state index contributed by atoms with van der Waals surface area (Å²) in [5.41, 5.74) is 0.486. The van der Waals surface area contributed by atoms with E-state index in [1.54, 1.807) is 42.5 Å². The van der Waals surface area contributed by atoms with Gasteiger partial charge in [0.2, 0.25) is 17.8 Å². The Kier molecular flexibility index (Phi) is 5.86. The minimum atomic E-state index is -1.01. The number of nitrogens with one attached hydrogen (secondary N) is 4. The number of hydrogen-bond acceptors (Lipinski definition) is 5. The monoisotopic (exact) mass is 477 g/mol. The van der Waals surface area contributed by atoms with Crippen LogP contribution in [0.4, 0.5) is 23.1 Å². The van der Waals surface area contributed by atoms with Gasteiger partial charge in [0, 0.05) is 32.9 Å². The molecule has 31 heavy (non-hydrogen) atoms. The Bertz CT molecular complexity index is 1220. The third-order valence-corrected chi connectivity index (χ3v) is 5.19. The minimum Gasteiger partial charge on any atom is -0.326 e. The lowest BCUT2D eigenvalue weighted by Gasteiger charge is -2.23. The molecule has 0 saturated carbocycles. The molecule has 11 heteroatoms. The molecule has 2 heterocycles. The van der Waals surface area contributed by atoms with E-state index in [0.29, 0.717) is 26.4 Å². The van der Waals surface area contributed by atoms with E-state index in [4.69, 9.17) is 34.8 Å². The zero-order valence-electron chi connectivity index (χ0n) is 15.6. The molecular formula is C20H14Cl3N5O3. The highest BCUT2D eigenvalue weighted by atomic mass is 35.5. The standard InChI is InChI=1S/C20H14Cl3N5O3/c21-9-1-3-12(4-2-9)24-18(30)14-8-15(29)26-17-16(14)19(31)28-20(27-17)25-13-6-10(22)5-11(23)7-13/h1-7,14H,8H2,(H,24,30)(H3,25,26,27,28,29,31)/t14-/m0/s1. The van der Waals surface area contributed by atoms with Crippen LogP contribution in [0.15, 0.2) is 47.3 Å². The zero-order chi connectivity index (χ0) is 22.1. The summed E-state index contributed by atoms with van der Waals surface area (Å²) < 4.78 is 0. The van der Waals surface area contributed by atoms with Crippen molar-refractivity contribution in [3.05, 3.63) is 73.4 Å². The van der Waals surface area contributed by atoms with Crippen LogP contribution in [0.5, 0.6) is 0 Å². The van der Waals surface area contributed by atoms with Crippen LogP contribution in [0.3, 0.4) is 0 Å². The maximum absolute atomic E-state index is 12.8. The Morgan fingerprint density at radius 2 is 1.65 bits per heavy atom. The van der Waals surface area contributed by atoms with Crippen LogP contribution in [-0.4, -0.2) is 21.8 Å². The number of H-pyrrole nitrogens is 1. The predicted molar refractivity (Wildman–Crippen MR) is 121 cm³/mol. The summed E-state index contributed by atoms with van der Waals surface area (Å²) in [6, 6.07) is 11.2. The summed E-state index contributed by atoms with van der Waals surface area (Å²) in [4.78, 5) is 44.6. The van der Waals surface area contributed by atoms with Crippen LogP contribution in [-0.2, 0) is 9.59 Å². The first-order valence-corrected chi connectivity index (χ1v) is 10.2. The number of anilines is 4. The van der Waals surface area contributed by atoms with Gasteiger partial charge in [0.25, 0.3) is 5.56 Å². The highest BCUT2D eigenvalue weighted by molar-refractivity contribution is 6.35. The van der Waals surface area contributed by atoms with Gasteiger partial charge in [-0.3, -0.25) is 19.4 Å². The highest BCUT2D eigenvalue weighted by Crippen LogP contribution is 2.31. The lowest BCUT2D eigenvalue weighted by Crippen LogP contribution is -2.36. The Labute approximate surface area is 190 Å². The van der Waals surface area contributed by atoms with Gasteiger partial charge in [0.1, 0.15) is 5.82 Å². The third-order valence-electron chi connectivity index (χ3n) is 4.50. The second kappa shape index (κ2) is 8.58. The molecule has 2 aromatic carbocycles. The first kappa shape index (κ1) is 21.2. The number of rotatable bonds is 4.